The largest absolute Gasteiger partial charge is 0.389 e. The maximum absolute atomic E-state index is 5.83. The van der Waals surface area contributed by atoms with E-state index in [0.717, 1.165) is 26.1 Å². The number of morpholine rings is 1. The standard InChI is InChI=1S/C15H24NO.2ClH.Zr/c1-2-3-4-5-7-13-8-6-9-14(13)15-12-16-10-11-17-15;;;/h9,15-16H,2-7,10-12H2,1H3;2*1H;/q-1;;;. The first-order valence-electron chi connectivity index (χ1n) is 7.04. The van der Waals surface area contributed by atoms with Gasteiger partial charge in [0.05, 0.1) is 6.61 Å². The summed E-state index contributed by atoms with van der Waals surface area (Å²) in [5.41, 5.74) is 2.84. The van der Waals surface area contributed by atoms with Gasteiger partial charge >= 0.3 is 0 Å². The monoisotopic (exact) mass is 396 g/mol. The molecule has 2 aliphatic rings. The fourth-order valence-corrected chi connectivity index (χ4v) is 2.56. The number of allylic oxidation sites excluding steroid dienone is 2. The zero-order valence-corrected chi connectivity index (χ0v) is 16.3. The molecule has 1 fully saturated rings. The molecule has 2 rings (SSSR count). The molecule has 1 atom stereocenters. The van der Waals surface area contributed by atoms with Crippen molar-refractivity contribution in [2.45, 2.75) is 51.6 Å². The van der Waals surface area contributed by atoms with Gasteiger partial charge in [0, 0.05) is 45.4 Å². The van der Waals surface area contributed by atoms with Crippen LogP contribution in [0.1, 0.15) is 45.4 Å². The normalized spacial score (nSPS) is 20.9. The Balaban J connectivity index is 0. The van der Waals surface area contributed by atoms with E-state index in [1.807, 2.05) is 0 Å². The Morgan fingerprint density at radius 3 is 2.75 bits per heavy atom. The molecule has 0 spiro atoms. The molecule has 1 heterocycles. The van der Waals surface area contributed by atoms with Gasteiger partial charge in [-0.1, -0.05) is 39.0 Å². The molecule has 1 saturated heterocycles. The topological polar surface area (TPSA) is 21.3 Å². The average Bonchev–Trinajstić information content (AvgIpc) is 2.84. The van der Waals surface area contributed by atoms with Crippen molar-refractivity contribution < 1.29 is 30.9 Å². The van der Waals surface area contributed by atoms with Gasteiger partial charge in [0.15, 0.2) is 0 Å². The van der Waals surface area contributed by atoms with Gasteiger partial charge < -0.3 is 10.1 Å². The summed E-state index contributed by atoms with van der Waals surface area (Å²) in [6.45, 7) is 5.05. The first kappa shape index (κ1) is 23.1. The fraction of sp³-hybridized carbons (Fsp3) is 0.733. The maximum Gasteiger partial charge on any atom is 0.0579 e. The summed E-state index contributed by atoms with van der Waals surface area (Å²) in [6.07, 6.45) is 13.6. The third-order valence-corrected chi connectivity index (χ3v) is 3.54. The van der Waals surface area contributed by atoms with Gasteiger partial charge in [-0.3, -0.25) is 6.08 Å². The molecule has 1 unspecified atom stereocenters. The third-order valence-electron chi connectivity index (χ3n) is 3.54. The van der Waals surface area contributed by atoms with Crippen molar-refractivity contribution in [3.63, 3.8) is 0 Å². The van der Waals surface area contributed by atoms with Crippen molar-refractivity contribution in [1.29, 1.82) is 0 Å². The Morgan fingerprint density at radius 1 is 1.30 bits per heavy atom. The van der Waals surface area contributed by atoms with E-state index >= 15 is 0 Å². The number of hydrogen-bond acceptors (Lipinski definition) is 2. The number of hydrogen-bond donors (Lipinski definition) is 1. The number of unbranched alkanes of at least 4 members (excludes halogenated alkanes) is 3. The van der Waals surface area contributed by atoms with Gasteiger partial charge in [-0.15, -0.1) is 31.2 Å². The molecule has 5 heteroatoms. The van der Waals surface area contributed by atoms with Crippen molar-refractivity contribution in [1.82, 2.24) is 5.32 Å². The molecule has 0 aromatic rings. The molecule has 2 nitrogen and oxygen atoms in total. The Hall–Kier alpha value is 0.863. The van der Waals surface area contributed by atoms with Crippen LogP contribution in [0.3, 0.4) is 0 Å². The molecule has 0 amide bonds. The van der Waals surface area contributed by atoms with Crippen LogP contribution < -0.4 is 5.32 Å². The van der Waals surface area contributed by atoms with Crippen LogP contribution in [0.15, 0.2) is 17.2 Å². The van der Waals surface area contributed by atoms with E-state index in [1.165, 1.54) is 43.3 Å². The fourth-order valence-electron chi connectivity index (χ4n) is 2.56. The van der Waals surface area contributed by atoms with Gasteiger partial charge in [0.2, 0.25) is 0 Å². The third kappa shape index (κ3) is 7.23. The maximum atomic E-state index is 5.83. The summed E-state index contributed by atoms with van der Waals surface area (Å²) in [7, 11) is 0. The molecule has 1 N–H and O–H groups in total. The van der Waals surface area contributed by atoms with Gasteiger partial charge in [-0.25, -0.2) is 5.57 Å². The molecule has 1 aliphatic carbocycles. The van der Waals surface area contributed by atoms with Crippen LogP contribution >= 0.6 is 24.8 Å². The first-order chi connectivity index (χ1) is 8.42. The molecule has 0 aromatic heterocycles. The predicted molar refractivity (Wildman–Crippen MR) is 85.3 cm³/mol. The van der Waals surface area contributed by atoms with Crippen molar-refractivity contribution in [3.05, 3.63) is 23.3 Å². The van der Waals surface area contributed by atoms with Crippen LogP contribution in [0.2, 0.25) is 0 Å². The minimum Gasteiger partial charge on any atom is -0.389 e. The predicted octanol–water partition coefficient (Wildman–Crippen LogP) is 3.85. The van der Waals surface area contributed by atoms with Crippen molar-refractivity contribution >= 4 is 24.8 Å². The Kier molecular flexibility index (Phi) is 15.6. The number of nitrogens with one attached hydrogen (secondary N) is 1. The summed E-state index contributed by atoms with van der Waals surface area (Å²) in [5.74, 6) is 0. The molecular weight excluding hydrogens is 372 g/mol. The van der Waals surface area contributed by atoms with Gasteiger partial charge in [-0.05, 0) is 0 Å². The van der Waals surface area contributed by atoms with Crippen molar-refractivity contribution in [3.8, 4) is 0 Å². The summed E-state index contributed by atoms with van der Waals surface area (Å²) < 4.78 is 5.83. The number of halogens is 2. The van der Waals surface area contributed by atoms with E-state index in [0.29, 0.717) is 0 Å². The molecule has 0 radical (unpaired) electrons. The summed E-state index contributed by atoms with van der Waals surface area (Å²) in [5, 5.41) is 3.40. The van der Waals surface area contributed by atoms with E-state index in [4.69, 9.17) is 4.74 Å². The Morgan fingerprint density at radius 2 is 2.10 bits per heavy atom. The van der Waals surface area contributed by atoms with Crippen LogP contribution in [-0.4, -0.2) is 25.8 Å². The minimum absolute atomic E-state index is 0. The molecule has 116 valence electrons. The molecule has 20 heavy (non-hydrogen) atoms. The number of rotatable bonds is 6. The second-order valence-corrected chi connectivity index (χ2v) is 4.89. The first-order valence-corrected chi connectivity index (χ1v) is 7.04. The minimum atomic E-state index is 0. The molecule has 0 bridgehead atoms. The van der Waals surface area contributed by atoms with E-state index in [2.05, 4.69) is 24.4 Å². The zero-order chi connectivity index (χ0) is 11.9. The average molecular weight is 399 g/mol. The van der Waals surface area contributed by atoms with E-state index in [9.17, 15) is 0 Å². The van der Waals surface area contributed by atoms with E-state index in [-0.39, 0.29) is 57.1 Å². The Bertz CT molecular complexity index is 302. The molecule has 0 saturated carbocycles. The quantitative estimate of drug-likeness (QED) is 0.542. The zero-order valence-electron chi connectivity index (χ0n) is 12.2. The van der Waals surface area contributed by atoms with E-state index in [1.54, 1.807) is 0 Å². The summed E-state index contributed by atoms with van der Waals surface area (Å²) in [6, 6.07) is 0. The summed E-state index contributed by atoms with van der Waals surface area (Å²) >= 11 is 0. The molecular formula is C15H26Cl2NOZr-. The van der Waals surface area contributed by atoms with E-state index < -0.39 is 0 Å². The van der Waals surface area contributed by atoms with Crippen LogP contribution in [0.4, 0.5) is 0 Å². The second kappa shape index (κ2) is 13.5. The van der Waals surface area contributed by atoms with Crippen LogP contribution in [0.5, 0.6) is 0 Å². The summed E-state index contributed by atoms with van der Waals surface area (Å²) in [4.78, 5) is 0. The second-order valence-electron chi connectivity index (χ2n) is 4.89. The van der Waals surface area contributed by atoms with Crippen molar-refractivity contribution in [2.24, 2.45) is 0 Å². The van der Waals surface area contributed by atoms with Gasteiger partial charge in [0.25, 0.3) is 0 Å². The smallest absolute Gasteiger partial charge is 0.0579 e. The van der Waals surface area contributed by atoms with Crippen LogP contribution in [0, 0.1) is 6.08 Å². The van der Waals surface area contributed by atoms with Crippen molar-refractivity contribution in [2.75, 3.05) is 19.7 Å². The van der Waals surface area contributed by atoms with Crippen LogP contribution in [-0.2, 0) is 30.9 Å². The Labute approximate surface area is 155 Å². The SMILES string of the molecule is CCCCCCC1=[C-]CC=C1C1CNCCO1.Cl.Cl.[Zr]. The van der Waals surface area contributed by atoms with Crippen LogP contribution in [0.25, 0.3) is 0 Å². The number of ether oxygens (including phenoxy) is 1. The molecule has 1 aliphatic heterocycles. The van der Waals surface area contributed by atoms with Gasteiger partial charge in [0.1, 0.15) is 0 Å². The van der Waals surface area contributed by atoms with Gasteiger partial charge in [-0.2, -0.15) is 11.6 Å². The molecule has 0 aromatic carbocycles.